The zero-order valence-corrected chi connectivity index (χ0v) is 10.6. The van der Waals surface area contributed by atoms with Crippen LogP contribution in [0.4, 0.5) is 4.39 Å². The molecule has 0 fully saturated rings. The van der Waals surface area contributed by atoms with Crippen LogP contribution in [0.25, 0.3) is 0 Å². The quantitative estimate of drug-likeness (QED) is 0.943. The molecule has 2 nitrogen and oxygen atoms in total. The molecule has 0 aliphatic heterocycles. The normalized spacial score (nSPS) is 12.4. The first-order valence-electron chi connectivity index (χ1n) is 5.18. The van der Waals surface area contributed by atoms with E-state index < -0.39 is 11.9 Å². The highest BCUT2D eigenvalue weighted by molar-refractivity contribution is 9.10. The molecule has 0 amide bonds. The Kier molecular flexibility index (Phi) is 3.86. The van der Waals surface area contributed by atoms with E-state index in [1.54, 1.807) is 0 Å². The van der Waals surface area contributed by atoms with E-state index in [0.717, 1.165) is 16.2 Å². The van der Waals surface area contributed by atoms with E-state index in [-0.39, 0.29) is 0 Å². The lowest BCUT2D eigenvalue weighted by Gasteiger charge is -2.10. The maximum atomic E-state index is 12.9. The van der Waals surface area contributed by atoms with Crippen LogP contribution in [0, 0.1) is 5.82 Å². The van der Waals surface area contributed by atoms with Gasteiger partial charge in [0.25, 0.3) is 0 Å². The lowest BCUT2D eigenvalue weighted by molar-refractivity contribution is 0.177. The van der Waals surface area contributed by atoms with Gasteiger partial charge in [0.2, 0.25) is 0 Å². The van der Waals surface area contributed by atoms with Gasteiger partial charge in [-0.15, -0.1) is 0 Å². The van der Waals surface area contributed by atoms with Crippen molar-refractivity contribution in [2.75, 3.05) is 0 Å². The number of pyridine rings is 1. The van der Waals surface area contributed by atoms with Crippen LogP contribution in [0.5, 0.6) is 0 Å². The number of nitrogens with zero attached hydrogens (tertiary/aromatic N) is 1. The maximum absolute atomic E-state index is 12.9. The molecular weight excluding hydrogens is 285 g/mol. The van der Waals surface area contributed by atoms with Crippen molar-refractivity contribution in [3.8, 4) is 0 Å². The minimum absolute atomic E-state index is 0.433. The predicted octanol–water partition coefficient (Wildman–Crippen LogP) is 3.26. The van der Waals surface area contributed by atoms with Gasteiger partial charge in [0.05, 0.1) is 12.3 Å². The molecule has 0 radical (unpaired) electrons. The Hall–Kier alpha value is -1.26. The molecule has 0 aliphatic rings. The molecule has 0 saturated heterocycles. The SMILES string of the molecule is OC(Cc1ccc(Br)cc1)c1cncc(F)c1. The molecule has 4 heteroatoms. The summed E-state index contributed by atoms with van der Waals surface area (Å²) in [7, 11) is 0. The van der Waals surface area contributed by atoms with Gasteiger partial charge in [-0.25, -0.2) is 4.39 Å². The van der Waals surface area contributed by atoms with E-state index in [1.807, 2.05) is 24.3 Å². The van der Waals surface area contributed by atoms with Gasteiger partial charge in [-0.3, -0.25) is 4.98 Å². The summed E-state index contributed by atoms with van der Waals surface area (Å²) in [6, 6.07) is 8.95. The van der Waals surface area contributed by atoms with E-state index >= 15 is 0 Å². The summed E-state index contributed by atoms with van der Waals surface area (Å²) in [6.45, 7) is 0. The van der Waals surface area contributed by atoms with Crippen molar-refractivity contribution in [2.24, 2.45) is 0 Å². The van der Waals surface area contributed by atoms with Gasteiger partial charge < -0.3 is 5.11 Å². The van der Waals surface area contributed by atoms with E-state index in [9.17, 15) is 9.50 Å². The zero-order chi connectivity index (χ0) is 12.3. The summed E-state index contributed by atoms with van der Waals surface area (Å²) in [4.78, 5) is 3.72. The van der Waals surface area contributed by atoms with Crippen LogP contribution in [0.15, 0.2) is 47.2 Å². The van der Waals surface area contributed by atoms with Crippen LogP contribution in [0.1, 0.15) is 17.2 Å². The third-order valence-corrected chi connectivity index (χ3v) is 2.98. The lowest BCUT2D eigenvalue weighted by Crippen LogP contribution is -2.02. The fourth-order valence-corrected chi connectivity index (χ4v) is 1.84. The summed E-state index contributed by atoms with van der Waals surface area (Å²) in [5.74, 6) is -0.433. The first kappa shape index (κ1) is 12.2. The van der Waals surface area contributed by atoms with E-state index in [0.29, 0.717) is 12.0 Å². The second-order valence-electron chi connectivity index (χ2n) is 3.78. The lowest BCUT2D eigenvalue weighted by atomic mass is 10.0. The van der Waals surface area contributed by atoms with E-state index in [4.69, 9.17) is 0 Å². The standard InChI is InChI=1S/C13H11BrFNO/c14-11-3-1-9(2-4-11)5-13(17)10-6-12(15)8-16-7-10/h1-4,6-8,13,17H,5H2. The molecule has 1 N–H and O–H groups in total. The van der Waals surface area contributed by atoms with Crippen LogP contribution in [-0.2, 0) is 6.42 Å². The molecule has 1 unspecified atom stereocenters. The number of aliphatic hydroxyl groups excluding tert-OH is 1. The van der Waals surface area contributed by atoms with Gasteiger partial charge in [0.15, 0.2) is 0 Å². The van der Waals surface area contributed by atoms with Gasteiger partial charge >= 0.3 is 0 Å². The van der Waals surface area contributed by atoms with Crippen LogP contribution >= 0.6 is 15.9 Å². The van der Waals surface area contributed by atoms with E-state index in [2.05, 4.69) is 20.9 Å². The molecule has 1 atom stereocenters. The number of benzene rings is 1. The molecule has 2 aromatic rings. The molecule has 0 spiro atoms. The minimum Gasteiger partial charge on any atom is -0.388 e. The molecule has 17 heavy (non-hydrogen) atoms. The maximum Gasteiger partial charge on any atom is 0.141 e. The van der Waals surface area contributed by atoms with Crippen LogP contribution < -0.4 is 0 Å². The number of hydrogen-bond acceptors (Lipinski definition) is 2. The van der Waals surface area contributed by atoms with Gasteiger partial charge in [-0.1, -0.05) is 28.1 Å². The van der Waals surface area contributed by atoms with Crippen LogP contribution in [-0.4, -0.2) is 10.1 Å². The smallest absolute Gasteiger partial charge is 0.141 e. The van der Waals surface area contributed by atoms with Crippen LogP contribution in [0.2, 0.25) is 0 Å². The molecule has 1 aromatic carbocycles. The molecule has 0 saturated carbocycles. The Labute approximate surface area is 107 Å². The van der Waals surface area contributed by atoms with Crippen molar-refractivity contribution >= 4 is 15.9 Å². The molecule has 0 aliphatic carbocycles. The average molecular weight is 296 g/mol. The monoisotopic (exact) mass is 295 g/mol. The van der Waals surface area contributed by atoms with Crippen molar-refractivity contribution < 1.29 is 9.50 Å². The van der Waals surface area contributed by atoms with Crippen molar-refractivity contribution in [3.05, 3.63) is 64.1 Å². The van der Waals surface area contributed by atoms with Crippen molar-refractivity contribution in [3.63, 3.8) is 0 Å². The Balaban J connectivity index is 2.11. The second kappa shape index (κ2) is 5.38. The fraction of sp³-hybridized carbons (Fsp3) is 0.154. The molecule has 1 aromatic heterocycles. The third-order valence-electron chi connectivity index (χ3n) is 2.45. The van der Waals surface area contributed by atoms with Gasteiger partial charge in [-0.2, -0.15) is 0 Å². The summed E-state index contributed by atoms with van der Waals surface area (Å²) >= 11 is 3.34. The van der Waals surface area contributed by atoms with Crippen molar-refractivity contribution in [1.29, 1.82) is 0 Å². The second-order valence-corrected chi connectivity index (χ2v) is 4.70. The number of aliphatic hydroxyl groups is 1. The Morgan fingerprint density at radius 3 is 2.59 bits per heavy atom. The predicted molar refractivity (Wildman–Crippen MR) is 67.0 cm³/mol. The van der Waals surface area contributed by atoms with Gasteiger partial charge in [0.1, 0.15) is 5.82 Å². The topological polar surface area (TPSA) is 33.1 Å². The molecule has 2 rings (SSSR count). The summed E-state index contributed by atoms with van der Waals surface area (Å²) in [5.41, 5.74) is 1.48. The Morgan fingerprint density at radius 1 is 1.24 bits per heavy atom. The van der Waals surface area contributed by atoms with Crippen molar-refractivity contribution in [1.82, 2.24) is 4.98 Å². The number of hydrogen-bond donors (Lipinski definition) is 1. The number of halogens is 2. The summed E-state index contributed by atoms with van der Waals surface area (Å²) < 4.78 is 13.9. The van der Waals surface area contributed by atoms with Gasteiger partial charge in [-0.05, 0) is 23.8 Å². The first-order valence-corrected chi connectivity index (χ1v) is 5.97. The van der Waals surface area contributed by atoms with Gasteiger partial charge in [0, 0.05) is 22.7 Å². The molecule has 88 valence electrons. The summed E-state index contributed by atoms with van der Waals surface area (Å²) in [6.07, 6.45) is 2.31. The molecule has 1 heterocycles. The molecular formula is C13H11BrFNO. The number of rotatable bonds is 3. The Bertz CT molecular complexity index is 501. The van der Waals surface area contributed by atoms with Crippen molar-refractivity contribution in [2.45, 2.75) is 12.5 Å². The third kappa shape index (κ3) is 3.35. The summed E-state index contributed by atoms with van der Waals surface area (Å²) in [5, 5.41) is 9.95. The van der Waals surface area contributed by atoms with Crippen LogP contribution in [0.3, 0.4) is 0 Å². The highest BCUT2D eigenvalue weighted by Gasteiger charge is 2.09. The molecule has 0 bridgehead atoms. The Morgan fingerprint density at radius 2 is 1.94 bits per heavy atom. The minimum atomic E-state index is -0.737. The highest BCUT2D eigenvalue weighted by atomic mass is 79.9. The highest BCUT2D eigenvalue weighted by Crippen LogP contribution is 2.19. The number of aromatic nitrogens is 1. The average Bonchev–Trinajstić information content (AvgIpc) is 2.32. The first-order chi connectivity index (χ1) is 8.15. The van der Waals surface area contributed by atoms with E-state index in [1.165, 1.54) is 12.3 Å². The zero-order valence-electron chi connectivity index (χ0n) is 8.98. The fourth-order valence-electron chi connectivity index (χ4n) is 1.57. The largest absolute Gasteiger partial charge is 0.388 e.